The standard InChI is InChI=1S/C17H24N4O4/c22-15-2-1-14(13-18-15)17(24)21-7-5-20(6-8-21)16(23)3-4-19-9-11-25-12-10-19/h1-2,13H,3-12H2,(H,18,22). The number of H-pyrrole nitrogens is 1. The van der Waals surface area contributed by atoms with Crippen LogP contribution in [0.25, 0.3) is 0 Å². The van der Waals surface area contributed by atoms with Crippen molar-refractivity contribution in [3.05, 3.63) is 34.2 Å². The predicted octanol–water partition coefficient (Wildman–Crippen LogP) is -0.618. The third-order valence-corrected chi connectivity index (χ3v) is 4.70. The molecule has 25 heavy (non-hydrogen) atoms. The first-order chi connectivity index (χ1) is 12.1. The molecule has 0 spiro atoms. The van der Waals surface area contributed by atoms with E-state index in [1.165, 1.54) is 18.3 Å². The van der Waals surface area contributed by atoms with Gasteiger partial charge < -0.3 is 19.5 Å². The number of hydrogen-bond donors (Lipinski definition) is 1. The van der Waals surface area contributed by atoms with Crippen LogP contribution in [0.2, 0.25) is 0 Å². The molecule has 0 bridgehead atoms. The Morgan fingerprint density at radius 3 is 2.32 bits per heavy atom. The summed E-state index contributed by atoms with van der Waals surface area (Å²) in [5, 5.41) is 0. The second kappa shape index (κ2) is 8.26. The van der Waals surface area contributed by atoms with Gasteiger partial charge in [-0.05, 0) is 6.07 Å². The molecule has 3 heterocycles. The van der Waals surface area contributed by atoms with Crippen LogP contribution in [0.1, 0.15) is 16.8 Å². The topological polar surface area (TPSA) is 85.9 Å². The number of pyridine rings is 1. The van der Waals surface area contributed by atoms with Crippen LogP contribution < -0.4 is 5.56 Å². The average molecular weight is 348 g/mol. The van der Waals surface area contributed by atoms with Crippen LogP contribution in [0.5, 0.6) is 0 Å². The van der Waals surface area contributed by atoms with E-state index in [-0.39, 0.29) is 17.4 Å². The molecule has 8 nitrogen and oxygen atoms in total. The summed E-state index contributed by atoms with van der Waals surface area (Å²) >= 11 is 0. The quantitative estimate of drug-likeness (QED) is 0.784. The average Bonchev–Trinajstić information content (AvgIpc) is 2.67. The molecule has 0 aliphatic carbocycles. The molecule has 136 valence electrons. The summed E-state index contributed by atoms with van der Waals surface area (Å²) in [4.78, 5) is 44.1. The van der Waals surface area contributed by atoms with E-state index in [1.54, 1.807) is 4.90 Å². The second-order valence-corrected chi connectivity index (χ2v) is 6.32. The Morgan fingerprint density at radius 1 is 1.00 bits per heavy atom. The molecule has 8 heteroatoms. The first-order valence-electron chi connectivity index (χ1n) is 8.69. The van der Waals surface area contributed by atoms with Crippen molar-refractivity contribution in [1.82, 2.24) is 19.7 Å². The highest BCUT2D eigenvalue weighted by molar-refractivity contribution is 5.94. The third kappa shape index (κ3) is 4.67. The van der Waals surface area contributed by atoms with Crippen molar-refractivity contribution in [2.45, 2.75) is 6.42 Å². The monoisotopic (exact) mass is 348 g/mol. The second-order valence-electron chi connectivity index (χ2n) is 6.32. The highest BCUT2D eigenvalue weighted by Gasteiger charge is 2.25. The number of aromatic amines is 1. The SMILES string of the molecule is O=C(CCN1CCOCC1)N1CCN(C(=O)c2ccc(=O)[nH]c2)CC1. The van der Waals surface area contributed by atoms with E-state index in [2.05, 4.69) is 9.88 Å². The van der Waals surface area contributed by atoms with Crippen molar-refractivity contribution < 1.29 is 14.3 Å². The van der Waals surface area contributed by atoms with Gasteiger partial charge in [-0.2, -0.15) is 0 Å². The van der Waals surface area contributed by atoms with Gasteiger partial charge in [-0.25, -0.2) is 0 Å². The molecular weight excluding hydrogens is 324 g/mol. The van der Waals surface area contributed by atoms with Crippen LogP contribution in [0.4, 0.5) is 0 Å². The van der Waals surface area contributed by atoms with Gasteiger partial charge in [-0.15, -0.1) is 0 Å². The van der Waals surface area contributed by atoms with E-state index < -0.39 is 0 Å². The number of rotatable bonds is 4. The fourth-order valence-corrected chi connectivity index (χ4v) is 3.12. The van der Waals surface area contributed by atoms with E-state index in [1.807, 2.05) is 4.90 Å². The highest BCUT2D eigenvalue weighted by atomic mass is 16.5. The van der Waals surface area contributed by atoms with Gasteiger partial charge in [-0.3, -0.25) is 19.3 Å². The molecule has 2 fully saturated rings. The Labute approximate surface area is 146 Å². The maximum atomic E-state index is 12.4. The number of hydrogen-bond acceptors (Lipinski definition) is 5. The normalized spacial score (nSPS) is 19.0. The number of piperazine rings is 1. The summed E-state index contributed by atoms with van der Waals surface area (Å²) < 4.78 is 5.31. The zero-order valence-electron chi connectivity index (χ0n) is 14.3. The Kier molecular flexibility index (Phi) is 5.83. The number of nitrogens with zero attached hydrogens (tertiary/aromatic N) is 3. The van der Waals surface area contributed by atoms with Gasteiger partial charge in [0.15, 0.2) is 0 Å². The minimum absolute atomic E-state index is 0.114. The lowest BCUT2D eigenvalue weighted by atomic mass is 10.2. The molecule has 2 saturated heterocycles. The summed E-state index contributed by atoms with van der Waals surface area (Å²) in [5.41, 5.74) is 0.235. The van der Waals surface area contributed by atoms with Gasteiger partial charge >= 0.3 is 0 Å². The lowest BCUT2D eigenvalue weighted by molar-refractivity contribution is -0.133. The summed E-state index contributed by atoms with van der Waals surface area (Å²) in [5.74, 6) is 0.0271. The fraction of sp³-hybridized carbons (Fsp3) is 0.588. The molecule has 2 aliphatic heterocycles. The molecule has 3 rings (SSSR count). The number of morpholine rings is 1. The molecule has 0 saturated carbocycles. The minimum atomic E-state index is -0.229. The smallest absolute Gasteiger partial charge is 0.255 e. The third-order valence-electron chi connectivity index (χ3n) is 4.70. The van der Waals surface area contributed by atoms with Crippen LogP contribution in [-0.4, -0.2) is 90.5 Å². The van der Waals surface area contributed by atoms with Crippen LogP contribution in [0.3, 0.4) is 0 Å². The first-order valence-corrected chi connectivity index (χ1v) is 8.69. The highest BCUT2D eigenvalue weighted by Crippen LogP contribution is 2.09. The largest absolute Gasteiger partial charge is 0.379 e. The van der Waals surface area contributed by atoms with Gasteiger partial charge in [0.2, 0.25) is 11.5 Å². The zero-order valence-corrected chi connectivity index (χ0v) is 14.3. The Balaban J connectivity index is 1.44. The predicted molar refractivity (Wildman–Crippen MR) is 91.4 cm³/mol. The van der Waals surface area contributed by atoms with Gasteiger partial charge in [0.05, 0.1) is 18.8 Å². The number of nitrogens with one attached hydrogen (secondary N) is 1. The fourth-order valence-electron chi connectivity index (χ4n) is 3.12. The number of amides is 2. The minimum Gasteiger partial charge on any atom is -0.379 e. The summed E-state index contributed by atoms with van der Waals surface area (Å²) in [6, 6.07) is 2.87. The van der Waals surface area contributed by atoms with E-state index in [4.69, 9.17) is 4.74 Å². The number of ether oxygens (including phenoxy) is 1. The van der Waals surface area contributed by atoms with Crippen molar-refractivity contribution in [2.24, 2.45) is 0 Å². The molecule has 0 aromatic carbocycles. The van der Waals surface area contributed by atoms with Crippen molar-refractivity contribution in [3.63, 3.8) is 0 Å². The van der Waals surface area contributed by atoms with Crippen LogP contribution in [0.15, 0.2) is 23.1 Å². The van der Waals surface area contributed by atoms with Gasteiger partial charge in [0.1, 0.15) is 0 Å². The molecular formula is C17H24N4O4. The number of carbonyl (C=O) groups excluding carboxylic acids is 2. The van der Waals surface area contributed by atoms with Crippen LogP contribution in [-0.2, 0) is 9.53 Å². The molecule has 0 atom stereocenters. The molecule has 0 unspecified atom stereocenters. The molecule has 2 amide bonds. The number of aromatic nitrogens is 1. The van der Waals surface area contributed by atoms with Crippen LogP contribution >= 0.6 is 0 Å². The van der Waals surface area contributed by atoms with Crippen molar-refractivity contribution >= 4 is 11.8 Å². The van der Waals surface area contributed by atoms with Crippen molar-refractivity contribution in [1.29, 1.82) is 0 Å². The maximum Gasteiger partial charge on any atom is 0.255 e. The van der Waals surface area contributed by atoms with Gasteiger partial charge in [-0.1, -0.05) is 0 Å². The van der Waals surface area contributed by atoms with Crippen LogP contribution in [0, 0.1) is 0 Å². The Bertz CT molecular complexity index is 640. The lowest BCUT2D eigenvalue weighted by Crippen LogP contribution is -2.51. The molecule has 2 aliphatic rings. The first kappa shape index (κ1) is 17.6. The summed E-state index contributed by atoms with van der Waals surface area (Å²) in [6.07, 6.45) is 1.94. The zero-order chi connectivity index (χ0) is 17.6. The number of carbonyl (C=O) groups is 2. The van der Waals surface area contributed by atoms with Crippen molar-refractivity contribution in [2.75, 3.05) is 59.0 Å². The summed E-state index contributed by atoms with van der Waals surface area (Å²) in [7, 11) is 0. The van der Waals surface area contributed by atoms with E-state index in [9.17, 15) is 14.4 Å². The van der Waals surface area contributed by atoms with Gasteiger partial charge in [0, 0.05) is 64.5 Å². The maximum absolute atomic E-state index is 12.4. The van der Waals surface area contributed by atoms with E-state index in [0.717, 1.165) is 32.8 Å². The Hall–Kier alpha value is -2.19. The lowest BCUT2D eigenvalue weighted by Gasteiger charge is -2.35. The van der Waals surface area contributed by atoms with Crippen molar-refractivity contribution in [3.8, 4) is 0 Å². The molecule has 1 aromatic rings. The molecule has 0 radical (unpaired) electrons. The van der Waals surface area contributed by atoms with Gasteiger partial charge in [0.25, 0.3) is 5.91 Å². The summed E-state index contributed by atoms with van der Waals surface area (Å²) in [6.45, 7) is 6.14. The molecule has 1 N–H and O–H groups in total. The Morgan fingerprint density at radius 2 is 1.68 bits per heavy atom. The van der Waals surface area contributed by atoms with E-state index >= 15 is 0 Å². The molecule has 1 aromatic heterocycles. The van der Waals surface area contributed by atoms with E-state index in [0.29, 0.717) is 38.2 Å².